The van der Waals surface area contributed by atoms with Gasteiger partial charge in [-0.2, -0.15) is 0 Å². The van der Waals surface area contributed by atoms with Crippen LogP contribution >= 0.6 is 23.1 Å². The second-order valence-electron chi connectivity index (χ2n) is 7.47. The molecule has 10 heteroatoms. The number of anilines is 1. The standard InChI is InChI=1S/C23H28N4O4S2/c1-7-16-15(4)33-21(20(16)22(29)30-6)24-19(28)12-32-23-26-25-18(27(23)5)11-31-17-10-8-9-13(2)14(17)3/h8-10H,7,11-12H2,1-6H3,(H,24,28). The summed E-state index contributed by atoms with van der Waals surface area (Å²) < 4.78 is 12.6. The summed E-state index contributed by atoms with van der Waals surface area (Å²) >= 11 is 2.65. The predicted molar refractivity (Wildman–Crippen MR) is 130 cm³/mol. The van der Waals surface area contributed by atoms with E-state index in [0.29, 0.717) is 28.0 Å². The minimum Gasteiger partial charge on any atom is -0.485 e. The van der Waals surface area contributed by atoms with Gasteiger partial charge in [0.1, 0.15) is 17.4 Å². The Bertz CT molecular complexity index is 1170. The van der Waals surface area contributed by atoms with Gasteiger partial charge in [-0.15, -0.1) is 21.5 Å². The molecule has 0 unspecified atom stereocenters. The maximum absolute atomic E-state index is 12.6. The number of esters is 1. The highest BCUT2D eigenvalue weighted by molar-refractivity contribution is 7.99. The normalized spacial score (nSPS) is 10.8. The number of thioether (sulfide) groups is 1. The van der Waals surface area contributed by atoms with E-state index in [1.54, 1.807) is 0 Å². The first kappa shape index (κ1) is 24.8. The molecule has 0 saturated heterocycles. The van der Waals surface area contributed by atoms with Crippen LogP contribution in [-0.2, 0) is 29.6 Å². The zero-order valence-corrected chi connectivity index (χ0v) is 21.3. The number of methoxy groups -OCH3 is 1. The molecular formula is C23H28N4O4S2. The summed E-state index contributed by atoms with van der Waals surface area (Å²) in [5.41, 5.74) is 3.59. The molecule has 0 bridgehead atoms. The second kappa shape index (κ2) is 10.8. The lowest BCUT2D eigenvalue weighted by molar-refractivity contribution is -0.113. The molecule has 8 nitrogen and oxygen atoms in total. The fourth-order valence-corrected chi connectivity index (χ4v) is 5.20. The predicted octanol–water partition coefficient (Wildman–Crippen LogP) is 4.46. The molecule has 2 aromatic heterocycles. The second-order valence-corrected chi connectivity index (χ2v) is 9.63. The third-order valence-corrected chi connectivity index (χ3v) is 7.46. The largest absolute Gasteiger partial charge is 0.485 e. The highest BCUT2D eigenvalue weighted by Gasteiger charge is 2.23. The number of nitrogens with zero attached hydrogens (tertiary/aromatic N) is 3. The highest BCUT2D eigenvalue weighted by Crippen LogP contribution is 2.34. The zero-order chi connectivity index (χ0) is 24.1. The van der Waals surface area contributed by atoms with Gasteiger partial charge in [0, 0.05) is 11.9 Å². The van der Waals surface area contributed by atoms with E-state index in [0.717, 1.165) is 27.3 Å². The number of rotatable bonds is 9. The molecule has 33 heavy (non-hydrogen) atoms. The average molecular weight is 489 g/mol. The lowest BCUT2D eigenvalue weighted by Crippen LogP contribution is -2.16. The number of aromatic nitrogens is 3. The Morgan fingerprint density at radius 3 is 2.67 bits per heavy atom. The fraction of sp³-hybridized carbons (Fsp3) is 0.391. The number of aryl methyl sites for hydroxylation is 2. The maximum atomic E-state index is 12.6. The first-order valence-electron chi connectivity index (χ1n) is 10.5. The van der Waals surface area contributed by atoms with Crippen molar-refractivity contribution in [2.45, 2.75) is 45.9 Å². The summed E-state index contributed by atoms with van der Waals surface area (Å²) in [5.74, 6) is 0.924. The minimum atomic E-state index is -0.444. The van der Waals surface area contributed by atoms with Gasteiger partial charge < -0.3 is 19.4 Å². The molecule has 0 atom stereocenters. The summed E-state index contributed by atoms with van der Waals surface area (Å²) in [6.45, 7) is 8.24. The Balaban J connectivity index is 1.62. The molecule has 1 aromatic carbocycles. The van der Waals surface area contributed by atoms with Crippen LogP contribution in [0.2, 0.25) is 0 Å². The van der Waals surface area contributed by atoms with Crippen molar-refractivity contribution in [1.82, 2.24) is 14.8 Å². The molecule has 0 radical (unpaired) electrons. The Morgan fingerprint density at radius 2 is 1.97 bits per heavy atom. The van der Waals surface area contributed by atoms with Gasteiger partial charge in [-0.1, -0.05) is 30.8 Å². The van der Waals surface area contributed by atoms with Gasteiger partial charge in [-0.25, -0.2) is 4.79 Å². The molecule has 0 saturated carbocycles. The average Bonchev–Trinajstić information content (AvgIpc) is 3.30. The van der Waals surface area contributed by atoms with E-state index in [-0.39, 0.29) is 18.3 Å². The van der Waals surface area contributed by atoms with Crippen molar-refractivity contribution in [2.75, 3.05) is 18.2 Å². The Morgan fingerprint density at radius 1 is 1.21 bits per heavy atom. The van der Waals surface area contributed by atoms with Gasteiger partial charge in [0.15, 0.2) is 11.0 Å². The van der Waals surface area contributed by atoms with Gasteiger partial charge in [0.25, 0.3) is 0 Å². The summed E-state index contributed by atoms with van der Waals surface area (Å²) in [5, 5.41) is 12.4. The third kappa shape index (κ3) is 5.56. The van der Waals surface area contributed by atoms with Crippen LogP contribution in [0.1, 0.15) is 44.7 Å². The van der Waals surface area contributed by atoms with Crippen LogP contribution < -0.4 is 10.1 Å². The molecule has 0 aliphatic rings. The van der Waals surface area contributed by atoms with E-state index in [2.05, 4.69) is 15.5 Å². The fourth-order valence-electron chi connectivity index (χ4n) is 3.32. The van der Waals surface area contributed by atoms with Crippen molar-refractivity contribution < 1.29 is 19.1 Å². The van der Waals surface area contributed by atoms with Gasteiger partial charge >= 0.3 is 5.97 Å². The third-order valence-electron chi connectivity index (χ3n) is 5.37. The van der Waals surface area contributed by atoms with Crippen LogP contribution in [0.5, 0.6) is 5.75 Å². The molecule has 0 spiro atoms. The van der Waals surface area contributed by atoms with E-state index in [1.165, 1.54) is 30.2 Å². The van der Waals surface area contributed by atoms with Crippen molar-refractivity contribution in [3.05, 3.63) is 51.2 Å². The molecule has 0 aliphatic carbocycles. The number of carbonyl (C=O) groups excluding carboxylic acids is 2. The van der Waals surface area contributed by atoms with Crippen LogP contribution in [0.4, 0.5) is 5.00 Å². The van der Waals surface area contributed by atoms with Gasteiger partial charge in [0.05, 0.1) is 18.4 Å². The van der Waals surface area contributed by atoms with Crippen molar-refractivity contribution in [1.29, 1.82) is 0 Å². The van der Waals surface area contributed by atoms with E-state index in [1.807, 2.05) is 57.5 Å². The van der Waals surface area contributed by atoms with E-state index >= 15 is 0 Å². The molecule has 2 heterocycles. The van der Waals surface area contributed by atoms with Crippen molar-refractivity contribution in [3.8, 4) is 5.75 Å². The van der Waals surface area contributed by atoms with E-state index in [9.17, 15) is 9.59 Å². The maximum Gasteiger partial charge on any atom is 0.341 e. The lowest BCUT2D eigenvalue weighted by atomic mass is 10.1. The first-order valence-corrected chi connectivity index (χ1v) is 12.3. The van der Waals surface area contributed by atoms with Crippen molar-refractivity contribution in [2.24, 2.45) is 7.05 Å². The number of benzene rings is 1. The number of carbonyl (C=O) groups is 2. The quantitative estimate of drug-likeness (QED) is 0.351. The monoisotopic (exact) mass is 488 g/mol. The molecule has 1 N–H and O–H groups in total. The summed E-state index contributed by atoms with van der Waals surface area (Å²) in [6.07, 6.45) is 0.684. The van der Waals surface area contributed by atoms with E-state index < -0.39 is 5.97 Å². The SMILES string of the molecule is CCc1c(C)sc(NC(=O)CSc2nnc(COc3cccc(C)c3C)n2C)c1C(=O)OC. The molecule has 1 amide bonds. The van der Waals surface area contributed by atoms with Crippen LogP contribution in [0.25, 0.3) is 0 Å². The zero-order valence-electron chi connectivity index (χ0n) is 19.6. The molecule has 0 fully saturated rings. The Labute approximate surface area is 201 Å². The highest BCUT2D eigenvalue weighted by atomic mass is 32.2. The number of nitrogens with one attached hydrogen (secondary N) is 1. The summed E-state index contributed by atoms with van der Waals surface area (Å²) in [7, 11) is 3.18. The molecule has 176 valence electrons. The number of thiophene rings is 1. The molecular weight excluding hydrogens is 460 g/mol. The van der Waals surface area contributed by atoms with E-state index in [4.69, 9.17) is 9.47 Å². The van der Waals surface area contributed by atoms with Crippen molar-refractivity contribution >= 4 is 40.0 Å². The number of amides is 1. The topological polar surface area (TPSA) is 95.3 Å². The first-order chi connectivity index (χ1) is 15.8. The molecule has 3 rings (SSSR count). The Hall–Kier alpha value is -2.85. The number of ether oxygens (including phenoxy) is 2. The van der Waals surface area contributed by atoms with Gasteiger partial charge in [-0.05, 0) is 49.9 Å². The van der Waals surface area contributed by atoms with Gasteiger partial charge in [-0.3, -0.25) is 4.79 Å². The van der Waals surface area contributed by atoms with Crippen LogP contribution in [0, 0.1) is 20.8 Å². The minimum absolute atomic E-state index is 0.128. The molecule has 0 aliphatic heterocycles. The van der Waals surface area contributed by atoms with Crippen LogP contribution in [0.3, 0.4) is 0 Å². The van der Waals surface area contributed by atoms with Gasteiger partial charge in [0.2, 0.25) is 5.91 Å². The van der Waals surface area contributed by atoms with Crippen molar-refractivity contribution in [3.63, 3.8) is 0 Å². The number of hydrogen-bond donors (Lipinski definition) is 1. The lowest BCUT2D eigenvalue weighted by Gasteiger charge is -2.10. The summed E-state index contributed by atoms with van der Waals surface area (Å²) in [4.78, 5) is 25.8. The smallest absolute Gasteiger partial charge is 0.341 e. The van der Waals surface area contributed by atoms with Crippen LogP contribution in [-0.4, -0.2) is 39.5 Å². The number of hydrogen-bond acceptors (Lipinski definition) is 8. The Kier molecular flexibility index (Phi) is 8.15. The van der Waals surface area contributed by atoms with Crippen LogP contribution in [0.15, 0.2) is 23.4 Å². The summed E-state index contributed by atoms with van der Waals surface area (Å²) in [6, 6.07) is 5.93. The molecule has 3 aromatic rings.